The highest BCUT2D eigenvalue weighted by Crippen LogP contribution is 2.38. The molecule has 0 N–H and O–H groups in total. The summed E-state index contributed by atoms with van der Waals surface area (Å²) in [6.07, 6.45) is 0. The van der Waals surface area contributed by atoms with Crippen LogP contribution in [0.3, 0.4) is 0 Å². The zero-order valence-electron chi connectivity index (χ0n) is 17.2. The van der Waals surface area contributed by atoms with E-state index in [1.807, 2.05) is 57.9 Å². The van der Waals surface area contributed by atoms with Gasteiger partial charge in [-0.3, -0.25) is 0 Å². The summed E-state index contributed by atoms with van der Waals surface area (Å²) in [6, 6.07) is 36.6. The molecule has 0 fully saturated rings. The van der Waals surface area contributed by atoms with Crippen LogP contribution >= 0.6 is 0 Å². The molecular formula is C26H20N6. The summed E-state index contributed by atoms with van der Waals surface area (Å²) in [4.78, 5) is 0. The maximum absolute atomic E-state index is 4.61. The first-order valence-corrected chi connectivity index (χ1v) is 10.6. The van der Waals surface area contributed by atoms with Crippen molar-refractivity contribution in [2.75, 3.05) is 0 Å². The molecule has 32 heavy (non-hydrogen) atoms. The summed E-state index contributed by atoms with van der Waals surface area (Å²) in [5.41, 5.74) is 5.93. The van der Waals surface area contributed by atoms with Crippen LogP contribution in [0, 0.1) is 0 Å². The van der Waals surface area contributed by atoms with Crippen molar-refractivity contribution < 1.29 is 0 Å². The van der Waals surface area contributed by atoms with Crippen molar-refractivity contribution in [1.29, 1.82) is 0 Å². The van der Waals surface area contributed by atoms with Gasteiger partial charge < -0.3 is 0 Å². The molecule has 0 spiro atoms. The molecule has 2 aromatic heterocycles. The van der Waals surface area contributed by atoms with Gasteiger partial charge in [0.15, 0.2) is 0 Å². The van der Waals surface area contributed by atoms with E-state index in [1.165, 1.54) is 0 Å². The Balaban J connectivity index is 1.66. The number of aromatic nitrogens is 6. The number of benzene rings is 4. The van der Waals surface area contributed by atoms with Gasteiger partial charge in [-0.1, -0.05) is 95.4 Å². The average molecular weight is 416 g/mol. The van der Waals surface area contributed by atoms with E-state index in [1.54, 1.807) is 0 Å². The van der Waals surface area contributed by atoms with Crippen LogP contribution in [0.25, 0.3) is 22.1 Å². The zero-order valence-corrected chi connectivity index (χ0v) is 17.2. The number of rotatable bonds is 5. The van der Waals surface area contributed by atoms with Crippen molar-refractivity contribution in [3.05, 3.63) is 120 Å². The summed E-state index contributed by atoms with van der Waals surface area (Å²) in [7, 11) is 0. The minimum absolute atomic E-state index is 0.184. The second-order valence-electron chi connectivity index (χ2n) is 7.76. The molecule has 0 amide bonds. The van der Waals surface area contributed by atoms with E-state index in [0.717, 1.165) is 33.2 Å². The summed E-state index contributed by atoms with van der Waals surface area (Å²) in [5, 5.41) is 18.1. The van der Waals surface area contributed by atoms with Crippen LogP contribution in [0.15, 0.2) is 109 Å². The standard InChI is InChI=1S/C26H20N6/c1-3-11-19(12-4-1)25(31-23-17-9-7-15-21(23)27-29-31)26(20-13-5-2-6-14-20)32-24-18-10-8-16-22(24)28-30-32/h1-18,25-26H/t25-,26+. The molecule has 0 radical (unpaired) electrons. The quantitative estimate of drug-likeness (QED) is 0.394. The van der Waals surface area contributed by atoms with Crippen molar-refractivity contribution in [1.82, 2.24) is 30.0 Å². The van der Waals surface area contributed by atoms with Gasteiger partial charge in [0.05, 0.1) is 11.0 Å². The summed E-state index contributed by atoms with van der Waals surface area (Å²) >= 11 is 0. The lowest BCUT2D eigenvalue weighted by Crippen LogP contribution is -2.27. The monoisotopic (exact) mass is 416 g/mol. The third-order valence-electron chi connectivity index (χ3n) is 5.86. The van der Waals surface area contributed by atoms with Crippen LogP contribution in [-0.2, 0) is 0 Å². The number of hydrogen-bond acceptors (Lipinski definition) is 4. The largest absolute Gasteiger partial charge is 0.235 e. The second-order valence-corrected chi connectivity index (χ2v) is 7.76. The molecule has 4 aromatic carbocycles. The van der Waals surface area contributed by atoms with Gasteiger partial charge in [0, 0.05) is 0 Å². The fourth-order valence-corrected chi connectivity index (χ4v) is 4.40. The third kappa shape index (κ3) is 3.04. The molecule has 0 aliphatic rings. The number of fused-ring (bicyclic) bond motifs is 2. The Morgan fingerprint density at radius 1 is 0.438 bits per heavy atom. The van der Waals surface area contributed by atoms with Gasteiger partial charge in [0.25, 0.3) is 0 Å². The van der Waals surface area contributed by atoms with Crippen LogP contribution < -0.4 is 0 Å². The maximum Gasteiger partial charge on any atom is 0.113 e. The molecule has 154 valence electrons. The predicted molar refractivity (Wildman–Crippen MR) is 124 cm³/mol. The highest BCUT2D eigenvalue weighted by molar-refractivity contribution is 5.75. The minimum atomic E-state index is -0.184. The SMILES string of the molecule is c1ccc([C@H]([C@H](c2ccccc2)n2nnc3ccccc32)n2nnc3ccccc32)cc1. The lowest BCUT2D eigenvalue weighted by molar-refractivity contribution is 0.371. The van der Waals surface area contributed by atoms with E-state index in [2.05, 4.69) is 81.3 Å². The van der Waals surface area contributed by atoms with Gasteiger partial charge in [-0.15, -0.1) is 10.2 Å². The summed E-state index contributed by atoms with van der Waals surface area (Å²) < 4.78 is 4.03. The van der Waals surface area contributed by atoms with E-state index in [0.29, 0.717) is 0 Å². The topological polar surface area (TPSA) is 61.4 Å². The van der Waals surface area contributed by atoms with E-state index in [9.17, 15) is 0 Å². The average Bonchev–Trinajstić information content (AvgIpc) is 3.48. The minimum Gasteiger partial charge on any atom is -0.235 e. The lowest BCUT2D eigenvalue weighted by atomic mass is 9.93. The lowest BCUT2D eigenvalue weighted by Gasteiger charge is -2.29. The molecule has 0 aliphatic heterocycles. The Bertz CT molecular complexity index is 1370. The van der Waals surface area contributed by atoms with Crippen LogP contribution in [-0.4, -0.2) is 30.0 Å². The molecule has 0 unspecified atom stereocenters. The predicted octanol–water partition coefficient (Wildman–Crippen LogP) is 5.06. The van der Waals surface area contributed by atoms with Crippen molar-refractivity contribution in [2.45, 2.75) is 12.1 Å². The fourth-order valence-electron chi connectivity index (χ4n) is 4.40. The molecule has 0 saturated heterocycles. The van der Waals surface area contributed by atoms with E-state index < -0.39 is 0 Å². The Hall–Kier alpha value is -4.32. The Morgan fingerprint density at radius 2 is 0.812 bits per heavy atom. The summed E-state index contributed by atoms with van der Waals surface area (Å²) in [5.74, 6) is 0. The molecule has 2 atom stereocenters. The highest BCUT2D eigenvalue weighted by atomic mass is 15.5. The Kier molecular flexibility index (Phi) is 4.46. The molecule has 6 nitrogen and oxygen atoms in total. The number of para-hydroxylation sites is 2. The molecular weight excluding hydrogens is 396 g/mol. The van der Waals surface area contributed by atoms with Gasteiger partial charge in [-0.2, -0.15) is 0 Å². The van der Waals surface area contributed by atoms with Crippen molar-refractivity contribution in [3.8, 4) is 0 Å². The first-order valence-electron chi connectivity index (χ1n) is 10.6. The van der Waals surface area contributed by atoms with Gasteiger partial charge in [-0.05, 0) is 35.4 Å². The van der Waals surface area contributed by atoms with Crippen LogP contribution in [0.4, 0.5) is 0 Å². The van der Waals surface area contributed by atoms with Gasteiger partial charge >= 0.3 is 0 Å². The summed E-state index contributed by atoms with van der Waals surface area (Å²) in [6.45, 7) is 0. The molecule has 6 heteroatoms. The zero-order chi connectivity index (χ0) is 21.3. The Morgan fingerprint density at radius 3 is 1.25 bits per heavy atom. The molecule has 2 heterocycles. The van der Waals surface area contributed by atoms with Gasteiger partial charge in [-0.25, -0.2) is 9.36 Å². The number of hydrogen-bond donors (Lipinski definition) is 0. The highest BCUT2D eigenvalue weighted by Gasteiger charge is 2.32. The smallest absolute Gasteiger partial charge is 0.113 e. The van der Waals surface area contributed by atoms with E-state index in [-0.39, 0.29) is 12.1 Å². The fraction of sp³-hybridized carbons (Fsp3) is 0.0769. The van der Waals surface area contributed by atoms with Crippen LogP contribution in [0.2, 0.25) is 0 Å². The Labute approximate surface area is 184 Å². The molecule has 6 rings (SSSR count). The normalized spacial score (nSPS) is 13.4. The second kappa shape index (κ2) is 7.74. The van der Waals surface area contributed by atoms with Crippen LogP contribution in [0.1, 0.15) is 23.2 Å². The third-order valence-corrected chi connectivity index (χ3v) is 5.86. The first kappa shape index (κ1) is 18.4. The van der Waals surface area contributed by atoms with Crippen molar-refractivity contribution in [3.63, 3.8) is 0 Å². The first-order chi connectivity index (χ1) is 15.9. The van der Waals surface area contributed by atoms with Crippen molar-refractivity contribution >= 4 is 22.1 Å². The van der Waals surface area contributed by atoms with Gasteiger partial charge in [0.1, 0.15) is 23.1 Å². The number of nitrogens with zero attached hydrogens (tertiary/aromatic N) is 6. The van der Waals surface area contributed by atoms with Crippen molar-refractivity contribution in [2.24, 2.45) is 0 Å². The maximum atomic E-state index is 4.61. The molecule has 0 saturated carbocycles. The molecule has 0 aliphatic carbocycles. The van der Waals surface area contributed by atoms with E-state index >= 15 is 0 Å². The van der Waals surface area contributed by atoms with E-state index in [4.69, 9.17) is 0 Å². The van der Waals surface area contributed by atoms with Crippen LogP contribution in [0.5, 0.6) is 0 Å². The molecule has 6 aromatic rings. The van der Waals surface area contributed by atoms with Gasteiger partial charge in [0.2, 0.25) is 0 Å². The molecule has 0 bridgehead atoms.